The minimum absolute atomic E-state index is 0.172. The molecule has 0 aliphatic heterocycles. The first-order chi connectivity index (χ1) is 8.56. The molecule has 0 aliphatic carbocycles. The summed E-state index contributed by atoms with van der Waals surface area (Å²) in [6.45, 7) is 0.454. The lowest BCUT2D eigenvalue weighted by atomic mass is 10.2. The number of hydrogen-bond acceptors (Lipinski definition) is 2. The first-order valence-electron chi connectivity index (χ1n) is 5.04. The van der Waals surface area contributed by atoms with Crippen LogP contribution >= 0.6 is 50.5 Å². The smallest absolute Gasteiger partial charge is 0.252 e. The van der Waals surface area contributed by atoms with Crippen molar-refractivity contribution >= 4 is 56.4 Å². The third kappa shape index (κ3) is 3.48. The fourth-order valence-electron chi connectivity index (χ4n) is 1.38. The number of hydrogen-bond donors (Lipinski definition) is 1. The Morgan fingerprint density at radius 1 is 1.28 bits per heavy atom. The van der Waals surface area contributed by atoms with Crippen molar-refractivity contribution in [2.45, 2.75) is 6.54 Å². The van der Waals surface area contributed by atoms with E-state index in [0.717, 1.165) is 4.88 Å². The van der Waals surface area contributed by atoms with Crippen LogP contribution in [0.5, 0.6) is 0 Å². The van der Waals surface area contributed by atoms with Gasteiger partial charge in [0.15, 0.2) is 0 Å². The lowest BCUT2D eigenvalue weighted by Crippen LogP contribution is -2.22. The number of carbonyl (C=O) groups is 1. The Kier molecular flexibility index (Phi) is 4.67. The topological polar surface area (TPSA) is 29.1 Å². The van der Waals surface area contributed by atoms with Gasteiger partial charge in [-0.2, -0.15) is 0 Å². The van der Waals surface area contributed by atoms with Crippen molar-refractivity contribution in [3.05, 3.63) is 54.6 Å². The quantitative estimate of drug-likeness (QED) is 0.836. The summed E-state index contributed by atoms with van der Waals surface area (Å²) in [7, 11) is 0. The molecule has 2 aromatic rings. The highest BCUT2D eigenvalue weighted by Gasteiger charge is 2.10. The van der Waals surface area contributed by atoms with Crippen molar-refractivity contribution < 1.29 is 4.79 Å². The molecule has 0 atom stereocenters. The molecule has 0 unspecified atom stereocenters. The molecule has 0 saturated carbocycles. The molecule has 2 rings (SSSR count). The van der Waals surface area contributed by atoms with Crippen LogP contribution in [0.15, 0.2) is 34.8 Å². The predicted molar refractivity (Wildman–Crippen MR) is 79.7 cm³/mol. The maximum absolute atomic E-state index is 12.0. The zero-order valence-electron chi connectivity index (χ0n) is 9.04. The van der Waals surface area contributed by atoms with Gasteiger partial charge in [0.05, 0.1) is 16.4 Å². The van der Waals surface area contributed by atoms with Crippen molar-refractivity contribution in [3.63, 3.8) is 0 Å². The minimum Gasteiger partial charge on any atom is -0.347 e. The van der Waals surface area contributed by atoms with Gasteiger partial charge in [0.1, 0.15) is 0 Å². The second-order valence-electron chi connectivity index (χ2n) is 3.51. The number of benzene rings is 1. The Labute approximate surface area is 127 Å². The maximum Gasteiger partial charge on any atom is 0.252 e. The van der Waals surface area contributed by atoms with Gasteiger partial charge < -0.3 is 5.32 Å². The second-order valence-corrected chi connectivity index (χ2v) is 6.60. The van der Waals surface area contributed by atoms with Crippen molar-refractivity contribution in [2.24, 2.45) is 0 Å². The zero-order valence-corrected chi connectivity index (χ0v) is 13.0. The minimum atomic E-state index is -0.172. The number of amides is 1. The average molecular weight is 365 g/mol. The molecule has 94 valence electrons. The van der Waals surface area contributed by atoms with Crippen LogP contribution in [0, 0.1) is 0 Å². The lowest BCUT2D eigenvalue weighted by molar-refractivity contribution is 0.0950. The number of nitrogens with one attached hydrogen (secondary N) is 1. The molecule has 0 radical (unpaired) electrons. The highest BCUT2D eigenvalue weighted by molar-refractivity contribution is 9.10. The number of halogens is 3. The normalized spacial score (nSPS) is 10.4. The molecular weight excluding hydrogens is 357 g/mol. The van der Waals surface area contributed by atoms with Crippen LogP contribution in [0.3, 0.4) is 0 Å². The van der Waals surface area contributed by atoms with E-state index in [2.05, 4.69) is 21.2 Å². The fraction of sp³-hybridized carbons (Fsp3) is 0.0833. The monoisotopic (exact) mass is 363 g/mol. The van der Waals surface area contributed by atoms with E-state index in [-0.39, 0.29) is 5.91 Å². The van der Waals surface area contributed by atoms with Crippen LogP contribution < -0.4 is 5.32 Å². The molecule has 2 nitrogen and oxygen atoms in total. The van der Waals surface area contributed by atoms with E-state index < -0.39 is 0 Å². The van der Waals surface area contributed by atoms with Crippen molar-refractivity contribution in [2.75, 3.05) is 0 Å². The lowest BCUT2D eigenvalue weighted by Gasteiger charge is -2.06. The molecule has 1 N–H and O–H groups in total. The molecule has 1 amide bonds. The van der Waals surface area contributed by atoms with Gasteiger partial charge in [-0.25, -0.2) is 0 Å². The molecule has 6 heteroatoms. The van der Waals surface area contributed by atoms with Gasteiger partial charge in [0, 0.05) is 14.4 Å². The van der Waals surface area contributed by atoms with Crippen LogP contribution in [-0.4, -0.2) is 5.91 Å². The van der Waals surface area contributed by atoms with Gasteiger partial charge in [-0.15, -0.1) is 11.3 Å². The number of rotatable bonds is 3. The van der Waals surface area contributed by atoms with E-state index in [1.165, 1.54) is 11.3 Å². The third-order valence-corrected chi connectivity index (χ3v) is 4.38. The summed E-state index contributed by atoms with van der Waals surface area (Å²) < 4.78 is 1.43. The van der Waals surface area contributed by atoms with E-state index in [9.17, 15) is 4.79 Å². The maximum atomic E-state index is 12.0. The molecule has 0 saturated heterocycles. The van der Waals surface area contributed by atoms with Gasteiger partial charge >= 0.3 is 0 Å². The molecule has 0 spiro atoms. The van der Waals surface area contributed by atoms with Crippen LogP contribution in [0.4, 0.5) is 0 Å². The molecular formula is C12H8BrCl2NOS. The second kappa shape index (κ2) is 6.06. The van der Waals surface area contributed by atoms with Crippen molar-refractivity contribution in [1.82, 2.24) is 5.32 Å². The van der Waals surface area contributed by atoms with E-state index in [4.69, 9.17) is 23.2 Å². The summed E-state index contributed by atoms with van der Waals surface area (Å²) in [5.74, 6) is -0.172. The highest BCUT2D eigenvalue weighted by Crippen LogP contribution is 2.23. The molecule has 1 heterocycles. The van der Waals surface area contributed by atoms with Gasteiger partial charge in [0.2, 0.25) is 0 Å². The molecule has 0 fully saturated rings. The Bertz CT molecular complexity index is 585. The van der Waals surface area contributed by atoms with Crippen molar-refractivity contribution in [1.29, 1.82) is 0 Å². The summed E-state index contributed by atoms with van der Waals surface area (Å²) in [4.78, 5) is 13.0. The molecule has 18 heavy (non-hydrogen) atoms. The number of thiophene rings is 1. The summed E-state index contributed by atoms with van der Waals surface area (Å²) in [6, 6.07) is 8.80. The van der Waals surface area contributed by atoms with Gasteiger partial charge in [-0.3, -0.25) is 4.79 Å². The molecule has 1 aromatic heterocycles. The largest absolute Gasteiger partial charge is 0.347 e. The fourth-order valence-corrected chi connectivity index (χ4v) is 3.01. The molecule has 0 aliphatic rings. The summed E-state index contributed by atoms with van der Waals surface area (Å²) >= 11 is 16.5. The van der Waals surface area contributed by atoms with Crippen LogP contribution in [0.25, 0.3) is 0 Å². The Balaban J connectivity index is 2.05. The Hall–Kier alpha value is -0.550. The average Bonchev–Trinajstić information content (AvgIpc) is 2.75. The van der Waals surface area contributed by atoms with Crippen LogP contribution in [0.1, 0.15) is 15.2 Å². The Morgan fingerprint density at radius 3 is 2.72 bits per heavy atom. The van der Waals surface area contributed by atoms with Crippen LogP contribution in [-0.2, 0) is 6.54 Å². The van der Waals surface area contributed by atoms with E-state index in [1.807, 2.05) is 12.1 Å². The summed E-state index contributed by atoms with van der Waals surface area (Å²) in [6.07, 6.45) is 0. The molecule has 1 aromatic carbocycles. The van der Waals surface area contributed by atoms with Gasteiger partial charge in [0.25, 0.3) is 5.91 Å². The molecule has 0 bridgehead atoms. The van der Waals surface area contributed by atoms with Gasteiger partial charge in [-0.05, 0) is 46.3 Å². The number of carbonyl (C=O) groups excluding carboxylic acids is 1. The highest BCUT2D eigenvalue weighted by atomic mass is 79.9. The first-order valence-corrected chi connectivity index (χ1v) is 7.40. The standard InChI is InChI=1S/C12H8BrCl2NOS/c13-10-3-1-7(14)5-9(10)12(17)16-6-8-2-4-11(15)18-8/h1-5H,6H2,(H,16,17). The summed E-state index contributed by atoms with van der Waals surface area (Å²) in [5, 5.41) is 3.35. The zero-order chi connectivity index (χ0) is 13.1. The summed E-state index contributed by atoms with van der Waals surface area (Å²) in [5.41, 5.74) is 0.519. The van der Waals surface area contributed by atoms with Gasteiger partial charge in [-0.1, -0.05) is 23.2 Å². The van der Waals surface area contributed by atoms with E-state index in [1.54, 1.807) is 18.2 Å². The van der Waals surface area contributed by atoms with E-state index in [0.29, 0.717) is 25.9 Å². The van der Waals surface area contributed by atoms with E-state index >= 15 is 0 Å². The Morgan fingerprint density at radius 2 is 2.06 bits per heavy atom. The SMILES string of the molecule is O=C(NCc1ccc(Cl)s1)c1cc(Cl)ccc1Br. The first kappa shape index (κ1) is 13.9. The third-order valence-electron chi connectivity index (χ3n) is 2.23. The van der Waals surface area contributed by atoms with Crippen molar-refractivity contribution in [3.8, 4) is 0 Å². The van der Waals surface area contributed by atoms with Crippen LogP contribution in [0.2, 0.25) is 9.36 Å². The predicted octanol–water partition coefficient (Wildman–Crippen LogP) is 4.75.